The number of aryl methyl sites for hydroxylation is 1. The molecule has 0 spiro atoms. The van der Waals surface area contributed by atoms with Crippen LogP contribution in [0.15, 0.2) is 24.3 Å². The van der Waals surface area contributed by atoms with E-state index in [0.29, 0.717) is 19.6 Å². The molecule has 0 saturated carbocycles. The number of benzene rings is 1. The lowest BCUT2D eigenvalue weighted by molar-refractivity contribution is -0.138. The van der Waals surface area contributed by atoms with Crippen LogP contribution in [0.5, 0.6) is 0 Å². The highest BCUT2D eigenvalue weighted by atomic mass is 16.5. The molecule has 0 bridgehead atoms. The maximum Gasteiger partial charge on any atom is 0.252 e. The summed E-state index contributed by atoms with van der Waals surface area (Å²) in [5.41, 5.74) is 2.12. The van der Waals surface area contributed by atoms with Crippen molar-refractivity contribution in [1.82, 2.24) is 4.90 Å². The van der Waals surface area contributed by atoms with Gasteiger partial charge in [-0.05, 0) is 30.5 Å². The van der Waals surface area contributed by atoms with E-state index >= 15 is 0 Å². The van der Waals surface area contributed by atoms with Crippen molar-refractivity contribution >= 4 is 17.5 Å². The first-order chi connectivity index (χ1) is 10.2. The number of carbonyl (C=O) groups excluding carboxylic acids is 2. The SMILES string of the molecule is CCc1ccc(NC2CC(=O)N(CCCOC)C2=O)cc1. The van der Waals surface area contributed by atoms with Gasteiger partial charge in [0.1, 0.15) is 6.04 Å². The molecule has 5 heteroatoms. The zero-order valence-electron chi connectivity index (χ0n) is 12.6. The standard InChI is InChI=1S/C16H22N2O3/c1-3-12-5-7-13(8-6-12)17-14-11-15(19)18(16(14)20)9-4-10-21-2/h5-8,14,17H,3-4,9-11H2,1-2H3. The predicted molar refractivity (Wildman–Crippen MR) is 81.1 cm³/mol. The van der Waals surface area contributed by atoms with Gasteiger partial charge in [-0.1, -0.05) is 19.1 Å². The van der Waals surface area contributed by atoms with Crippen LogP contribution >= 0.6 is 0 Å². The lowest BCUT2D eigenvalue weighted by atomic mass is 10.1. The summed E-state index contributed by atoms with van der Waals surface area (Å²) in [6.45, 7) is 3.07. The van der Waals surface area contributed by atoms with Crippen molar-refractivity contribution in [3.63, 3.8) is 0 Å². The van der Waals surface area contributed by atoms with Crippen LogP contribution in [0.25, 0.3) is 0 Å². The van der Waals surface area contributed by atoms with Crippen LogP contribution in [0, 0.1) is 0 Å². The number of methoxy groups -OCH3 is 1. The van der Waals surface area contributed by atoms with Gasteiger partial charge in [0, 0.05) is 25.9 Å². The number of anilines is 1. The van der Waals surface area contributed by atoms with Crippen molar-refractivity contribution in [2.75, 3.05) is 25.6 Å². The zero-order chi connectivity index (χ0) is 15.2. The van der Waals surface area contributed by atoms with Gasteiger partial charge in [-0.3, -0.25) is 14.5 Å². The van der Waals surface area contributed by atoms with Gasteiger partial charge in [-0.25, -0.2) is 0 Å². The summed E-state index contributed by atoms with van der Waals surface area (Å²) in [6, 6.07) is 7.50. The third-order valence-electron chi connectivity index (χ3n) is 3.68. The highest BCUT2D eigenvalue weighted by molar-refractivity contribution is 6.06. The zero-order valence-corrected chi connectivity index (χ0v) is 12.6. The van der Waals surface area contributed by atoms with Gasteiger partial charge in [0.2, 0.25) is 5.91 Å². The smallest absolute Gasteiger partial charge is 0.252 e. The fraction of sp³-hybridized carbons (Fsp3) is 0.500. The molecule has 1 saturated heterocycles. The van der Waals surface area contributed by atoms with Gasteiger partial charge < -0.3 is 10.1 Å². The Morgan fingerprint density at radius 1 is 1.29 bits per heavy atom. The van der Waals surface area contributed by atoms with Crippen LogP contribution in [0.2, 0.25) is 0 Å². The Hall–Kier alpha value is -1.88. The summed E-state index contributed by atoms with van der Waals surface area (Å²) in [7, 11) is 1.61. The van der Waals surface area contributed by atoms with Crippen molar-refractivity contribution in [2.24, 2.45) is 0 Å². The minimum absolute atomic E-state index is 0.112. The number of ether oxygens (including phenoxy) is 1. The first-order valence-electron chi connectivity index (χ1n) is 7.34. The van der Waals surface area contributed by atoms with Crippen LogP contribution in [0.3, 0.4) is 0 Å². The molecular formula is C16H22N2O3. The molecule has 5 nitrogen and oxygen atoms in total. The van der Waals surface area contributed by atoms with Gasteiger partial charge in [0.05, 0.1) is 6.42 Å². The Labute approximate surface area is 125 Å². The summed E-state index contributed by atoms with van der Waals surface area (Å²) in [6.07, 6.45) is 1.88. The number of nitrogens with zero attached hydrogens (tertiary/aromatic N) is 1. The van der Waals surface area contributed by atoms with E-state index in [4.69, 9.17) is 4.74 Å². The largest absolute Gasteiger partial charge is 0.385 e. The van der Waals surface area contributed by atoms with Crippen LogP contribution < -0.4 is 5.32 Å². The van der Waals surface area contributed by atoms with Crippen molar-refractivity contribution in [3.8, 4) is 0 Å². The Bertz CT molecular complexity index is 499. The highest BCUT2D eigenvalue weighted by Gasteiger charge is 2.37. The van der Waals surface area contributed by atoms with E-state index in [1.54, 1.807) is 7.11 Å². The fourth-order valence-electron chi connectivity index (χ4n) is 2.44. The minimum Gasteiger partial charge on any atom is -0.385 e. The van der Waals surface area contributed by atoms with E-state index in [0.717, 1.165) is 12.1 Å². The maximum absolute atomic E-state index is 12.2. The van der Waals surface area contributed by atoms with E-state index < -0.39 is 6.04 Å². The van der Waals surface area contributed by atoms with Gasteiger partial charge in [-0.15, -0.1) is 0 Å². The molecule has 2 rings (SSSR count). The molecule has 0 radical (unpaired) electrons. The second-order valence-electron chi connectivity index (χ2n) is 5.18. The number of nitrogens with one attached hydrogen (secondary N) is 1. The van der Waals surface area contributed by atoms with E-state index in [9.17, 15) is 9.59 Å². The van der Waals surface area contributed by atoms with Crippen LogP contribution in [0.1, 0.15) is 25.3 Å². The first-order valence-corrected chi connectivity index (χ1v) is 7.34. The number of rotatable bonds is 7. The number of hydrogen-bond donors (Lipinski definition) is 1. The van der Waals surface area contributed by atoms with Crippen molar-refractivity contribution in [1.29, 1.82) is 0 Å². The molecule has 1 aromatic carbocycles. The van der Waals surface area contributed by atoms with Crippen LogP contribution in [0.4, 0.5) is 5.69 Å². The number of carbonyl (C=O) groups is 2. The lowest BCUT2D eigenvalue weighted by Gasteiger charge is -2.16. The third-order valence-corrected chi connectivity index (χ3v) is 3.68. The molecule has 1 unspecified atom stereocenters. The minimum atomic E-state index is -0.451. The summed E-state index contributed by atoms with van der Waals surface area (Å²) in [4.78, 5) is 25.5. The van der Waals surface area contributed by atoms with Crippen LogP contribution in [-0.2, 0) is 20.7 Å². The molecule has 1 aliphatic rings. The number of imide groups is 1. The van der Waals surface area contributed by atoms with E-state index in [1.807, 2.05) is 24.3 Å². The molecule has 1 aromatic rings. The second-order valence-corrected chi connectivity index (χ2v) is 5.18. The molecule has 2 amide bonds. The van der Waals surface area contributed by atoms with E-state index in [2.05, 4.69) is 12.2 Å². The Balaban J connectivity index is 1.94. The summed E-state index contributed by atoms with van der Waals surface area (Å²) >= 11 is 0. The molecule has 1 N–H and O–H groups in total. The highest BCUT2D eigenvalue weighted by Crippen LogP contribution is 2.19. The molecule has 1 fully saturated rings. The van der Waals surface area contributed by atoms with Gasteiger partial charge in [0.15, 0.2) is 0 Å². The Morgan fingerprint density at radius 2 is 2.00 bits per heavy atom. The van der Waals surface area contributed by atoms with Crippen molar-refractivity contribution in [3.05, 3.63) is 29.8 Å². The van der Waals surface area contributed by atoms with Gasteiger partial charge >= 0.3 is 0 Å². The average molecular weight is 290 g/mol. The number of amides is 2. The van der Waals surface area contributed by atoms with Gasteiger partial charge in [0.25, 0.3) is 5.91 Å². The van der Waals surface area contributed by atoms with Crippen molar-refractivity contribution in [2.45, 2.75) is 32.2 Å². The second kappa shape index (κ2) is 7.22. The summed E-state index contributed by atoms with van der Waals surface area (Å²) < 4.78 is 4.95. The first kappa shape index (κ1) is 15.5. The fourth-order valence-corrected chi connectivity index (χ4v) is 2.44. The maximum atomic E-state index is 12.2. The molecule has 114 valence electrons. The van der Waals surface area contributed by atoms with Crippen LogP contribution in [-0.4, -0.2) is 43.0 Å². The number of likely N-dealkylation sites (tertiary alicyclic amines) is 1. The average Bonchev–Trinajstić information content (AvgIpc) is 2.75. The monoisotopic (exact) mass is 290 g/mol. The van der Waals surface area contributed by atoms with Crippen molar-refractivity contribution < 1.29 is 14.3 Å². The van der Waals surface area contributed by atoms with E-state index in [1.165, 1.54) is 10.5 Å². The predicted octanol–water partition coefficient (Wildman–Crippen LogP) is 1.82. The molecule has 21 heavy (non-hydrogen) atoms. The molecule has 0 aliphatic carbocycles. The quantitative estimate of drug-likeness (QED) is 0.615. The molecule has 1 atom stereocenters. The summed E-state index contributed by atoms with van der Waals surface area (Å²) in [5.74, 6) is -0.255. The molecule has 1 aliphatic heterocycles. The summed E-state index contributed by atoms with van der Waals surface area (Å²) in [5, 5.41) is 3.15. The number of hydrogen-bond acceptors (Lipinski definition) is 4. The topological polar surface area (TPSA) is 58.6 Å². The third kappa shape index (κ3) is 3.82. The lowest BCUT2D eigenvalue weighted by Crippen LogP contribution is -2.35. The molecule has 0 aromatic heterocycles. The normalized spacial score (nSPS) is 18.4. The molecule has 1 heterocycles. The molecular weight excluding hydrogens is 268 g/mol. The Kier molecular flexibility index (Phi) is 5.33. The van der Waals surface area contributed by atoms with Gasteiger partial charge in [-0.2, -0.15) is 0 Å². The Morgan fingerprint density at radius 3 is 2.62 bits per heavy atom. The van der Waals surface area contributed by atoms with E-state index in [-0.39, 0.29) is 18.2 Å².